The third kappa shape index (κ3) is 11.0. The topological polar surface area (TPSA) is 66.8 Å². The van der Waals surface area contributed by atoms with Crippen LogP contribution >= 0.6 is 7.82 Å². The molecule has 0 atom stereocenters. The molecule has 0 saturated carbocycles. The number of hydrogen-bond donors (Lipinski definition) is 2. The van der Waals surface area contributed by atoms with E-state index in [1.807, 2.05) is 0 Å². The van der Waals surface area contributed by atoms with Crippen LogP contribution in [-0.4, -0.2) is 46.5 Å². The average Bonchev–Trinajstić information content (AvgIpc) is 1.35. The van der Waals surface area contributed by atoms with E-state index >= 15 is 0 Å². The molecule has 2 N–H and O–H groups in total. The summed E-state index contributed by atoms with van der Waals surface area (Å²) in [5.41, 5.74) is 0. The number of hydrogen-bond acceptors (Lipinski definition) is 2. The third-order valence-corrected chi connectivity index (χ3v) is 0.714. The zero-order chi connectivity index (χ0) is 5.21. The second-order valence-electron chi connectivity index (χ2n) is 0.673. The summed E-state index contributed by atoms with van der Waals surface area (Å²) in [7, 11) is -3.20. The van der Waals surface area contributed by atoms with E-state index in [0.29, 0.717) is 0 Å². The van der Waals surface area contributed by atoms with E-state index in [1.165, 1.54) is 0 Å². The second-order valence-corrected chi connectivity index (χ2v) is 2.02. The van der Waals surface area contributed by atoms with Crippen molar-refractivity contribution in [2.45, 2.75) is 0 Å². The van der Waals surface area contributed by atoms with Crippen LogP contribution < -0.4 is 0 Å². The fourth-order valence-electron chi connectivity index (χ4n) is 0. The van der Waals surface area contributed by atoms with E-state index < -0.39 is 7.82 Å². The van der Waals surface area contributed by atoms with Crippen LogP contribution in [0.4, 0.5) is 0 Å². The van der Waals surface area contributed by atoms with Crippen molar-refractivity contribution < 1.29 is 18.9 Å². The summed E-state index contributed by atoms with van der Waals surface area (Å²) in [6.07, 6.45) is 0. The van der Waals surface area contributed by atoms with Crippen molar-refractivity contribution in [3.63, 3.8) is 0 Å². The molecule has 0 aliphatic rings. The van der Waals surface area contributed by atoms with Crippen molar-refractivity contribution in [2.75, 3.05) is 7.11 Å². The molecule has 0 aliphatic heterocycles. The van der Waals surface area contributed by atoms with Gasteiger partial charge < -0.3 is 9.79 Å². The minimum atomic E-state index is -4.15. The maximum absolute atomic E-state index is 9.47. The van der Waals surface area contributed by atoms with Crippen molar-refractivity contribution in [2.24, 2.45) is 0 Å². The number of phosphoric acid groups is 1. The van der Waals surface area contributed by atoms with Gasteiger partial charge in [0.05, 0.1) is 0 Å². The van der Waals surface area contributed by atoms with Gasteiger partial charge in [-0.05, 0) is 0 Å². The van der Waals surface area contributed by atoms with Gasteiger partial charge in [0, 0.05) is 7.11 Å². The van der Waals surface area contributed by atoms with Gasteiger partial charge in [0.15, 0.2) is 0 Å². The Balaban J connectivity index is 0. The van der Waals surface area contributed by atoms with Gasteiger partial charge in [-0.15, -0.1) is 0 Å². The molecule has 6 heteroatoms. The zero-order valence-electron chi connectivity index (χ0n) is 3.16. The molecular weight excluding hydrogens is 130 g/mol. The van der Waals surface area contributed by atoms with Gasteiger partial charge in [0.2, 0.25) is 0 Å². The van der Waals surface area contributed by atoms with Gasteiger partial charge >= 0.3 is 37.4 Å². The summed E-state index contributed by atoms with van der Waals surface area (Å²) in [6, 6.07) is 0. The summed E-state index contributed by atoms with van der Waals surface area (Å²) in [5.74, 6) is 0. The molecule has 0 aromatic heterocycles. The molecule has 0 rings (SSSR count). The first-order valence-corrected chi connectivity index (χ1v) is 2.70. The van der Waals surface area contributed by atoms with E-state index in [1.54, 1.807) is 0 Å². The number of rotatable bonds is 1. The molecule has 0 unspecified atom stereocenters. The molecule has 0 aromatic rings. The predicted molar refractivity (Wildman–Crippen MR) is 26.2 cm³/mol. The van der Waals surface area contributed by atoms with E-state index in [-0.39, 0.29) is 29.6 Å². The van der Waals surface area contributed by atoms with E-state index in [4.69, 9.17) is 9.79 Å². The minimum absolute atomic E-state index is 0. The molecule has 0 heterocycles. The Kier molecular flexibility index (Phi) is 6.33. The monoisotopic (exact) mass is 136 g/mol. The Morgan fingerprint density at radius 1 is 1.57 bits per heavy atom. The van der Waals surface area contributed by atoms with Gasteiger partial charge in [0.25, 0.3) is 0 Å². The van der Waals surface area contributed by atoms with Crippen LogP contribution in [0.2, 0.25) is 0 Å². The number of phosphoric ester groups is 1. The van der Waals surface area contributed by atoms with Crippen molar-refractivity contribution >= 4 is 37.4 Å². The van der Waals surface area contributed by atoms with Crippen molar-refractivity contribution in [1.82, 2.24) is 0 Å². The van der Waals surface area contributed by atoms with Gasteiger partial charge in [0.1, 0.15) is 0 Å². The summed E-state index contributed by atoms with van der Waals surface area (Å²) in [5, 5.41) is 0. The summed E-state index contributed by atoms with van der Waals surface area (Å²) < 4.78 is 13.1. The molecule has 0 aromatic carbocycles. The van der Waals surface area contributed by atoms with Crippen LogP contribution in [0.15, 0.2) is 0 Å². The molecule has 0 aliphatic carbocycles. The molecular formula is CH6NaO4P. The van der Waals surface area contributed by atoms with Crippen LogP contribution in [0.3, 0.4) is 0 Å². The van der Waals surface area contributed by atoms with Crippen LogP contribution in [0.1, 0.15) is 0 Å². The van der Waals surface area contributed by atoms with Crippen molar-refractivity contribution in [1.29, 1.82) is 0 Å². The van der Waals surface area contributed by atoms with E-state index in [0.717, 1.165) is 7.11 Å². The zero-order valence-corrected chi connectivity index (χ0v) is 4.05. The van der Waals surface area contributed by atoms with Crippen LogP contribution in [0, 0.1) is 0 Å². The quantitative estimate of drug-likeness (QED) is 0.361. The average molecular weight is 136 g/mol. The summed E-state index contributed by atoms with van der Waals surface area (Å²) in [4.78, 5) is 15.4. The molecule has 0 fully saturated rings. The van der Waals surface area contributed by atoms with Crippen LogP contribution in [0.25, 0.3) is 0 Å². The standard InChI is InChI=1S/CH5O4P.Na.H/c1-5-6(2,3)4;;/h1H3,(H2,2,3,4);;. The normalized spacial score (nSPS) is 10.1. The molecule has 0 amide bonds. The first-order valence-electron chi connectivity index (χ1n) is 1.17. The Hall–Kier alpha value is 1.11. The van der Waals surface area contributed by atoms with Gasteiger partial charge in [-0.2, -0.15) is 0 Å². The molecule has 0 bridgehead atoms. The first-order chi connectivity index (χ1) is 2.56. The SMILES string of the molecule is COP(=O)(O)O.[NaH]. The summed E-state index contributed by atoms with van der Waals surface area (Å²) in [6.45, 7) is 0. The Labute approximate surface area is 63.4 Å². The second kappa shape index (κ2) is 4.04. The first kappa shape index (κ1) is 11.0. The molecule has 4 nitrogen and oxygen atoms in total. The van der Waals surface area contributed by atoms with Crippen molar-refractivity contribution in [3.05, 3.63) is 0 Å². The van der Waals surface area contributed by atoms with Gasteiger partial charge in [-0.25, -0.2) is 4.57 Å². The van der Waals surface area contributed by atoms with E-state index in [9.17, 15) is 4.57 Å². The molecule has 0 radical (unpaired) electrons. The fraction of sp³-hybridized carbons (Fsp3) is 1.00. The van der Waals surface area contributed by atoms with Crippen LogP contribution in [0.5, 0.6) is 0 Å². The Bertz CT molecular complexity index is 75.8. The molecule has 40 valence electrons. The van der Waals surface area contributed by atoms with Gasteiger partial charge in [-0.3, -0.25) is 4.52 Å². The van der Waals surface area contributed by atoms with Crippen LogP contribution in [-0.2, 0) is 9.09 Å². The third-order valence-electron chi connectivity index (χ3n) is 0.238. The molecule has 0 spiro atoms. The van der Waals surface area contributed by atoms with Gasteiger partial charge in [-0.1, -0.05) is 0 Å². The maximum atomic E-state index is 9.47. The Morgan fingerprint density at radius 2 is 1.71 bits per heavy atom. The van der Waals surface area contributed by atoms with E-state index in [2.05, 4.69) is 4.52 Å². The predicted octanol–water partition coefficient (Wildman–Crippen LogP) is -0.923. The molecule has 7 heavy (non-hydrogen) atoms. The van der Waals surface area contributed by atoms with Crippen molar-refractivity contribution in [3.8, 4) is 0 Å². The Morgan fingerprint density at radius 3 is 1.71 bits per heavy atom. The molecule has 0 saturated heterocycles. The fourth-order valence-corrected chi connectivity index (χ4v) is 0. The summed E-state index contributed by atoms with van der Waals surface area (Å²) >= 11 is 0.